The van der Waals surface area contributed by atoms with Crippen LogP contribution >= 0.6 is 0 Å². The zero-order valence-electron chi connectivity index (χ0n) is 16.3. The maximum Gasteiger partial charge on any atom is 0.387 e. The fourth-order valence-electron chi connectivity index (χ4n) is 3.22. The minimum Gasteiger partial charge on any atom is -0.490 e. The van der Waals surface area contributed by atoms with Crippen molar-refractivity contribution in [2.24, 2.45) is 4.99 Å². The molecule has 2 aromatic rings. The number of guanidine groups is 1. The fourth-order valence-corrected chi connectivity index (χ4v) is 3.22. The van der Waals surface area contributed by atoms with E-state index in [4.69, 9.17) is 4.74 Å². The van der Waals surface area contributed by atoms with E-state index in [1.54, 1.807) is 44.3 Å². The summed E-state index contributed by atoms with van der Waals surface area (Å²) in [5.74, 6) is 0.624. The third-order valence-corrected chi connectivity index (χ3v) is 4.65. The molecule has 2 unspecified atom stereocenters. The van der Waals surface area contributed by atoms with Crippen LogP contribution < -0.4 is 20.1 Å². The zero-order valence-corrected chi connectivity index (χ0v) is 16.3. The Hall–Kier alpha value is -2.90. The number of nitrogens with zero attached hydrogens (tertiary/aromatic N) is 1. The van der Waals surface area contributed by atoms with Crippen molar-refractivity contribution < 1.29 is 22.6 Å². The molecule has 1 saturated carbocycles. The molecule has 2 atom stereocenters. The largest absolute Gasteiger partial charge is 0.490 e. The van der Waals surface area contributed by atoms with Gasteiger partial charge in [0.25, 0.3) is 0 Å². The SMILES string of the molecule is CCOc1cccc(CNC(=NC)NC2CC2c2ccccc2F)c1OC(F)F. The van der Waals surface area contributed by atoms with E-state index < -0.39 is 6.61 Å². The van der Waals surface area contributed by atoms with Gasteiger partial charge >= 0.3 is 6.61 Å². The smallest absolute Gasteiger partial charge is 0.387 e. The number of hydrogen-bond donors (Lipinski definition) is 2. The van der Waals surface area contributed by atoms with E-state index in [-0.39, 0.29) is 35.8 Å². The van der Waals surface area contributed by atoms with E-state index in [1.165, 1.54) is 6.07 Å². The molecular weight excluding hydrogens is 383 g/mol. The van der Waals surface area contributed by atoms with Gasteiger partial charge in [-0.2, -0.15) is 8.78 Å². The lowest BCUT2D eigenvalue weighted by Crippen LogP contribution is -2.38. The van der Waals surface area contributed by atoms with Crippen molar-refractivity contribution in [3.8, 4) is 11.5 Å². The van der Waals surface area contributed by atoms with E-state index in [2.05, 4.69) is 20.4 Å². The molecule has 0 aromatic heterocycles. The van der Waals surface area contributed by atoms with Crippen molar-refractivity contribution in [2.75, 3.05) is 13.7 Å². The van der Waals surface area contributed by atoms with Gasteiger partial charge in [0.05, 0.1) is 6.61 Å². The lowest BCUT2D eigenvalue weighted by Gasteiger charge is -2.17. The minimum atomic E-state index is -2.96. The first kappa shape index (κ1) is 20.8. The number of nitrogens with one attached hydrogen (secondary N) is 2. The molecular formula is C21H24F3N3O2. The van der Waals surface area contributed by atoms with Crippen LogP contribution in [0.1, 0.15) is 30.4 Å². The third-order valence-electron chi connectivity index (χ3n) is 4.65. The Labute approximate surface area is 167 Å². The van der Waals surface area contributed by atoms with E-state index in [9.17, 15) is 13.2 Å². The highest BCUT2D eigenvalue weighted by molar-refractivity contribution is 5.80. The van der Waals surface area contributed by atoms with Crippen molar-refractivity contribution in [3.63, 3.8) is 0 Å². The first-order valence-corrected chi connectivity index (χ1v) is 9.44. The Morgan fingerprint density at radius 3 is 2.69 bits per heavy atom. The van der Waals surface area contributed by atoms with E-state index in [0.29, 0.717) is 23.7 Å². The average Bonchev–Trinajstić information content (AvgIpc) is 3.46. The molecule has 2 N–H and O–H groups in total. The van der Waals surface area contributed by atoms with Gasteiger partial charge in [0.2, 0.25) is 0 Å². The van der Waals surface area contributed by atoms with E-state index in [0.717, 1.165) is 6.42 Å². The molecule has 0 bridgehead atoms. The quantitative estimate of drug-likeness (QED) is 0.512. The van der Waals surface area contributed by atoms with Crippen LogP contribution in [0.25, 0.3) is 0 Å². The number of para-hydroxylation sites is 1. The van der Waals surface area contributed by atoms with Gasteiger partial charge in [-0.15, -0.1) is 0 Å². The van der Waals surface area contributed by atoms with Gasteiger partial charge in [0.1, 0.15) is 5.82 Å². The Balaban J connectivity index is 1.63. The Morgan fingerprint density at radius 1 is 1.21 bits per heavy atom. The zero-order chi connectivity index (χ0) is 20.8. The van der Waals surface area contributed by atoms with Gasteiger partial charge in [-0.25, -0.2) is 4.39 Å². The van der Waals surface area contributed by atoms with Crippen LogP contribution in [0.5, 0.6) is 11.5 Å². The maximum atomic E-state index is 13.9. The van der Waals surface area contributed by atoms with Crippen molar-refractivity contribution >= 4 is 5.96 Å². The molecule has 5 nitrogen and oxygen atoms in total. The van der Waals surface area contributed by atoms with Crippen LogP contribution in [-0.2, 0) is 6.54 Å². The van der Waals surface area contributed by atoms with Crippen LogP contribution in [-0.4, -0.2) is 32.3 Å². The maximum absolute atomic E-state index is 13.9. The average molecular weight is 407 g/mol. The van der Waals surface area contributed by atoms with Crippen molar-refractivity contribution in [1.82, 2.24) is 10.6 Å². The first-order valence-electron chi connectivity index (χ1n) is 9.44. The molecule has 2 aromatic carbocycles. The van der Waals surface area contributed by atoms with Crippen LogP contribution in [0.15, 0.2) is 47.5 Å². The van der Waals surface area contributed by atoms with Gasteiger partial charge < -0.3 is 20.1 Å². The highest BCUT2D eigenvalue weighted by Crippen LogP contribution is 2.41. The summed E-state index contributed by atoms with van der Waals surface area (Å²) in [6.45, 7) is -0.649. The summed E-state index contributed by atoms with van der Waals surface area (Å²) < 4.78 is 49.7. The Morgan fingerprint density at radius 2 is 2.00 bits per heavy atom. The second kappa shape index (κ2) is 9.54. The number of halogens is 3. The summed E-state index contributed by atoms with van der Waals surface area (Å²) in [4.78, 5) is 4.16. The molecule has 29 heavy (non-hydrogen) atoms. The molecule has 0 spiro atoms. The lowest BCUT2D eigenvalue weighted by atomic mass is 10.1. The molecule has 0 amide bonds. The second-order valence-corrected chi connectivity index (χ2v) is 6.60. The normalized spacial score (nSPS) is 18.5. The summed E-state index contributed by atoms with van der Waals surface area (Å²) in [7, 11) is 1.61. The van der Waals surface area contributed by atoms with Crippen LogP contribution in [0, 0.1) is 5.82 Å². The molecule has 8 heteroatoms. The molecule has 3 rings (SSSR count). The third kappa shape index (κ3) is 5.34. The fraction of sp³-hybridized carbons (Fsp3) is 0.381. The summed E-state index contributed by atoms with van der Waals surface area (Å²) in [5, 5.41) is 6.33. The predicted molar refractivity (Wildman–Crippen MR) is 105 cm³/mol. The van der Waals surface area contributed by atoms with E-state index in [1.807, 2.05) is 6.07 Å². The molecule has 0 heterocycles. The monoisotopic (exact) mass is 407 g/mol. The van der Waals surface area contributed by atoms with Gasteiger partial charge in [0.15, 0.2) is 17.5 Å². The predicted octanol–water partition coefficient (Wildman–Crippen LogP) is 4.05. The molecule has 1 fully saturated rings. The molecule has 1 aliphatic rings. The summed E-state index contributed by atoms with van der Waals surface area (Å²) >= 11 is 0. The standard InChI is InChI=1S/C21H24F3N3O2/c1-3-28-18-10-6-7-13(19(18)29-20(23)24)12-26-21(25-2)27-17-11-15(17)14-8-4-5-9-16(14)22/h4-10,15,17,20H,3,11-12H2,1-2H3,(H2,25,26,27). The number of rotatable bonds is 8. The summed E-state index contributed by atoms with van der Waals surface area (Å²) in [6, 6.07) is 11.8. The summed E-state index contributed by atoms with van der Waals surface area (Å²) in [6.07, 6.45) is 0.793. The number of aliphatic imine (C=N–C) groups is 1. The second-order valence-electron chi connectivity index (χ2n) is 6.60. The molecule has 156 valence electrons. The van der Waals surface area contributed by atoms with Gasteiger partial charge in [-0.1, -0.05) is 30.3 Å². The van der Waals surface area contributed by atoms with Crippen LogP contribution in [0.2, 0.25) is 0 Å². The van der Waals surface area contributed by atoms with Gasteiger partial charge in [0, 0.05) is 31.1 Å². The molecule has 0 saturated heterocycles. The molecule has 1 aliphatic carbocycles. The Bertz CT molecular complexity index is 861. The topological polar surface area (TPSA) is 54.9 Å². The highest BCUT2D eigenvalue weighted by Gasteiger charge is 2.40. The minimum absolute atomic E-state index is 0.00274. The van der Waals surface area contributed by atoms with Crippen LogP contribution in [0.4, 0.5) is 13.2 Å². The van der Waals surface area contributed by atoms with Crippen molar-refractivity contribution in [1.29, 1.82) is 0 Å². The Kier molecular flexibility index (Phi) is 6.85. The molecule has 0 radical (unpaired) electrons. The van der Waals surface area contributed by atoms with Crippen molar-refractivity contribution in [2.45, 2.75) is 38.5 Å². The number of alkyl halides is 2. The van der Waals surface area contributed by atoms with Crippen molar-refractivity contribution in [3.05, 3.63) is 59.4 Å². The summed E-state index contributed by atoms with van der Waals surface area (Å²) in [5.41, 5.74) is 1.19. The lowest BCUT2D eigenvalue weighted by molar-refractivity contribution is -0.0520. The number of benzene rings is 2. The van der Waals surface area contributed by atoms with Gasteiger partial charge in [-0.05, 0) is 31.0 Å². The highest BCUT2D eigenvalue weighted by atomic mass is 19.3. The number of hydrogen-bond acceptors (Lipinski definition) is 3. The van der Waals surface area contributed by atoms with E-state index >= 15 is 0 Å². The molecule has 0 aliphatic heterocycles. The van der Waals surface area contributed by atoms with Crippen LogP contribution in [0.3, 0.4) is 0 Å². The number of ether oxygens (including phenoxy) is 2. The van der Waals surface area contributed by atoms with Gasteiger partial charge in [-0.3, -0.25) is 4.99 Å². The first-order chi connectivity index (χ1) is 14.0.